The van der Waals surface area contributed by atoms with Gasteiger partial charge in [0.05, 0.1) is 29.2 Å². The summed E-state index contributed by atoms with van der Waals surface area (Å²) in [6.45, 7) is 3.47. The third-order valence-corrected chi connectivity index (χ3v) is 5.84. The molecule has 1 heterocycles. The normalized spacial score (nSPS) is 16.0. The van der Waals surface area contributed by atoms with Crippen LogP contribution in [0.15, 0.2) is 78.9 Å². The first-order chi connectivity index (χ1) is 16.6. The van der Waals surface area contributed by atoms with Gasteiger partial charge in [0, 0.05) is 0 Å². The number of hydrogen-bond acceptors (Lipinski definition) is 6. The average Bonchev–Trinajstić information content (AvgIpc) is 3.13. The summed E-state index contributed by atoms with van der Waals surface area (Å²) in [5.74, 6) is -2.60. The Bertz CT molecular complexity index is 1200. The van der Waals surface area contributed by atoms with E-state index in [1.165, 1.54) is 12.1 Å². The number of aliphatic hydroxyl groups is 2. The molecule has 0 spiro atoms. The van der Waals surface area contributed by atoms with Crippen molar-refractivity contribution < 1.29 is 35.4 Å². The molecule has 5 N–H and O–H groups in total. The molecule has 8 heteroatoms. The summed E-state index contributed by atoms with van der Waals surface area (Å²) < 4.78 is 0. The first kappa shape index (κ1) is 25.8. The molecule has 35 heavy (non-hydrogen) atoms. The number of imide groups is 1. The molecular weight excluding hydrogens is 448 g/mol. The van der Waals surface area contributed by atoms with Crippen LogP contribution in [0, 0.1) is 0 Å². The van der Waals surface area contributed by atoms with Gasteiger partial charge in [0.1, 0.15) is 12.1 Å². The maximum atomic E-state index is 12.5. The van der Waals surface area contributed by atoms with Gasteiger partial charge in [-0.1, -0.05) is 66.7 Å². The van der Waals surface area contributed by atoms with Crippen molar-refractivity contribution in [2.75, 3.05) is 0 Å². The standard InChI is InChI=1S/C18H15NO5.C9H13NO/c1-10(15(20)11-5-3-2-4-6-11)19-16(21)13-8-7-12(18(23)24)9-14(13)17(19)22;1-7(10)9(11)8-5-3-2-4-6-8/h2-10,15,20H,1H3,(H,23,24);2-7,9,11H,10H2,1H3. The van der Waals surface area contributed by atoms with Gasteiger partial charge in [-0.2, -0.15) is 0 Å². The highest BCUT2D eigenvalue weighted by molar-refractivity contribution is 6.22. The van der Waals surface area contributed by atoms with Gasteiger partial charge in [-0.25, -0.2) is 0 Å². The summed E-state index contributed by atoms with van der Waals surface area (Å²) in [6.07, 6.45) is -1.48. The SMILES string of the molecule is CC(C(O)c1ccccc1)N1C(=O)c2ccc(C(=O)[O-])cc2C1=O.CC([NH3+])C(O)c1ccccc1. The van der Waals surface area contributed by atoms with Crippen molar-refractivity contribution in [3.8, 4) is 0 Å². The number of aromatic carboxylic acids is 1. The number of carbonyl (C=O) groups is 3. The lowest BCUT2D eigenvalue weighted by molar-refractivity contribution is -0.433. The van der Waals surface area contributed by atoms with E-state index >= 15 is 0 Å². The maximum Gasteiger partial charge on any atom is 0.261 e. The molecule has 0 fully saturated rings. The van der Waals surface area contributed by atoms with E-state index in [0.717, 1.165) is 16.5 Å². The summed E-state index contributed by atoms with van der Waals surface area (Å²) in [7, 11) is 0. The van der Waals surface area contributed by atoms with Gasteiger partial charge in [0.25, 0.3) is 11.8 Å². The fourth-order valence-electron chi connectivity index (χ4n) is 3.81. The number of carboxylic acid groups (broad SMARTS) is 1. The van der Waals surface area contributed by atoms with E-state index in [9.17, 15) is 29.7 Å². The number of fused-ring (bicyclic) bond motifs is 1. The van der Waals surface area contributed by atoms with Gasteiger partial charge in [-0.15, -0.1) is 0 Å². The minimum atomic E-state index is -1.42. The molecule has 0 saturated heterocycles. The van der Waals surface area contributed by atoms with E-state index in [0.29, 0.717) is 5.56 Å². The molecule has 2 amide bonds. The molecule has 1 aliphatic heterocycles. The Kier molecular flexibility index (Phi) is 8.14. The minimum Gasteiger partial charge on any atom is -0.545 e. The van der Waals surface area contributed by atoms with E-state index in [-0.39, 0.29) is 22.7 Å². The Labute approximate surface area is 203 Å². The number of benzene rings is 3. The molecule has 0 radical (unpaired) electrons. The zero-order valence-electron chi connectivity index (χ0n) is 19.5. The highest BCUT2D eigenvalue weighted by atomic mass is 16.4. The smallest absolute Gasteiger partial charge is 0.261 e. The largest absolute Gasteiger partial charge is 0.545 e. The molecule has 1 aliphatic rings. The zero-order valence-corrected chi connectivity index (χ0v) is 19.5. The Morgan fingerprint density at radius 3 is 1.77 bits per heavy atom. The van der Waals surface area contributed by atoms with Crippen LogP contribution in [0.4, 0.5) is 0 Å². The third-order valence-electron chi connectivity index (χ3n) is 5.84. The van der Waals surface area contributed by atoms with Gasteiger partial charge < -0.3 is 25.8 Å². The van der Waals surface area contributed by atoms with Gasteiger partial charge in [0.2, 0.25) is 0 Å². The lowest BCUT2D eigenvalue weighted by Gasteiger charge is -2.27. The molecule has 182 valence electrons. The summed E-state index contributed by atoms with van der Waals surface area (Å²) in [5, 5.41) is 30.9. The van der Waals surface area contributed by atoms with Crippen LogP contribution >= 0.6 is 0 Å². The zero-order chi connectivity index (χ0) is 25.7. The van der Waals surface area contributed by atoms with Gasteiger partial charge in [-0.05, 0) is 42.7 Å². The van der Waals surface area contributed by atoms with Gasteiger partial charge in [-0.3, -0.25) is 14.5 Å². The predicted molar refractivity (Wildman–Crippen MR) is 126 cm³/mol. The van der Waals surface area contributed by atoms with Crippen LogP contribution < -0.4 is 10.8 Å². The number of quaternary nitrogens is 1. The maximum absolute atomic E-state index is 12.5. The van der Waals surface area contributed by atoms with Crippen molar-refractivity contribution in [1.29, 1.82) is 0 Å². The van der Waals surface area contributed by atoms with Gasteiger partial charge in [0.15, 0.2) is 0 Å². The Morgan fingerprint density at radius 2 is 1.29 bits per heavy atom. The second-order valence-electron chi connectivity index (χ2n) is 8.46. The molecule has 0 aromatic heterocycles. The highest BCUT2D eigenvalue weighted by Gasteiger charge is 2.41. The van der Waals surface area contributed by atoms with Crippen LogP contribution in [0.2, 0.25) is 0 Å². The van der Waals surface area contributed by atoms with Crippen molar-refractivity contribution in [1.82, 2.24) is 4.90 Å². The molecule has 0 bridgehead atoms. The summed E-state index contributed by atoms with van der Waals surface area (Å²) >= 11 is 0. The molecule has 4 rings (SSSR count). The molecular formula is C27H28N2O6. The van der Waals surface area contributed by atoms with Crippen molar-refractivity contribution in [3.05, 3.63) is 107 Å². The van der Waals surface area contributed by atoms with Crippen molar-refractivity contribution in [2.45, 2.75) is 38.1 Å². The number of hydrogen-bond donors (Lipinski definition) is 3. The second kappa shape index (κ2) is 11.1. The van der Waals surface area contributed by atoms with E-state index in [1.54, 1.807) is 37.3 Å². The van der Waals surface area contributed by atoms with E-state index in [1.807, 2.05) is 37.3 Å². The van der Waals surface area contributed by atoms with Crippen LogP contribution in [0.25, 0.3) is 0 Å². The van der Waals surface area contributed by atoms with Crippen LogP contribution in [0.3, 0.4) is 0 Å². The average molecular weight is 477 g/mol. The lowest BCUT2D eigenvalue weighted by Crippen LogP contribution is -2.61. The first-order valence-corrected chi connectivity index (χ1v) is 11.2. The van der Waals surface area contributed by atoms with E-state index in [4.69, 9.17) is 0 Å². The number of nitrogens with zero attached hydrogens (tertiary/aromatic N) is 1. The Morgan fingerprint density at radius 1 is 0.800 bits per heavy atom. The summed E-state index contributed by atoms with van der Waals surface area (Å²) in [5.41, 5.74) is 5.24. The topological polar surface area (TPSA) is 146 Å². The lowest BCUT2D eigenvalue weighted by atomic mass is 10.0. The van der Waals surface area contributed by atoms with Crippen LogP contribution in [0.5, 0.6) is 0 Å². The summed E-state index contributed by atoms with van der Waals surface area (Å²) in [4.78, 5) is 36.9. The fraction of sp³-hybridized carbons (Fsp3) is 0.222. The fourth-order valence-corrected chi connectivity index (χ4v) is 3.81. The molecule has 8 nitrogen and oxygen atoms in total. The number of amides is 2. The number of rotatable bonds is 6. The minimum absolute atomic E-state index is 0.00816. The number of carbonyl (C=O) groups excluding carboxylic acids is 3. The van der Waals surface area contributed by atoms with E-state index in [2.05, 4.69) is 5.73 Å². The highest BCUT2D eigenvalue weighted by Crippen LogP contribution is 2.30. The van der Waals surface area contributed by atoms with Crippen LogP contribution in [0.1, 0.15) is 68.3 Å². The third kappa shape index (κ3) is 5.63. The van der Waals surface area contributed by atoms with Gasteiger partial charge >= 0.3 is 0 Å². The van der Waals surface area contributed by atoms with Crippen LogP contribution in [-0.4, -0.2) is 45.0 Å². The molecule has 3 aromatic rings. The quantitative estimate of drug-likeness (QED) is 0.455. The molecule has 3 aromatic carbocycles. The monoisotopic (exact) mass is 476 g/mol. The Hall–Kier alpha value is -3.85. The summed E-state index contributed by atoms with van der Waals surface area (Å²) in [6, 6.07) is 21.2. The predicted octanol–water partition coefficient (Wildman–Crippen LogP) is 1.12. The Balaban J connectivity index is 0.000000261. The van der Waals surface area contributed by atoms with Crippen molar-refractivity contribution in [3.63, 3.8) is 0 Å². The molecule has 0 saturated carbocycles. The van der Waals surface area contributed by atoms with Crippen molar-refractivity contribution >= 4 is 17.8 Å². The van der Waals surface area contributed by atoms with Crippen molar-refractivity contribution in [2.24, 2.45) is 0 Å². The van der Waals surface area contributed by atoms with Crippen LogP contribution in [-0.2, 0) is 0 Å². The van der Waals surface area contributed by atoms with E-state index < -0.39 is 36.0 Å². The number of carboxylic acids is 1. The first-order valence-electron chi connectivity index (χ1n) is 11.2. The number of aliphatic hydroxyl groups excluding tert-OH is 2. The molecule has 4 unspecified atom stereocenters. The second-order valence-corrected chi connectivity index (χ2v) is 8.46. The molecule has 4 atom stereocenters. The molecule has 0 aliphatic carbocycles.